The standard InChI is InChI=1S/C56H64N4O5S/c1-5-8-9-10-11-12-13-14-15-18-39-60(51-25-20-23-48-47(51)37-38-49(53(48)61)55(63)58-50-24-16-17-26-52(50)65-4)56(64)66-46-22-19-21-43(40-46)54(62)57-44-33-29-41(30-34-44)27-28-42-31-35-45(36-32-42)59(6-2)7-3/h16-17,19-38,40,61H,5-15,18,39H2,1-4H3,(H,57,62)(H,58,63). The molecule has 10 heteroatoms. The average molecular weight is 905 g/mol. The molecule has 0 bridgehead atoms. The summed E-state index contributed by atoms with van der Waals surface area (Å²) < 4.78 is 5.40. The second kappa shape index (κ2) is 25.2. The van der Waals surface area contributed by atoms with Crippen LogP contribution in [0.4, 0.5) is 27.5 Å². The van der Waals surface area contributed by atoms with Gasteiger partial charge in [0.1, 0.15) is 11.5 Å². The van der Waals surface area contributed by atoms with Gasteiger partial charge in [-0.25, -0.2) is 0 Å². The predicted molar refractivity (Wildman–Crippen MR) is 277 cm³/mol. The first-order valence-electron chi connectivity index (χ1n) is 23.5. The Morgan fingerprint density at radius 1 is 0.636 bits per heavy atom. The van der Waals surface area contributed by atoms with E-state index in [4.69, 9.17) is 4.74 Å². The van der Waals surface area contributed by atoms with Crippen molar-refractivity contribution < 1.29 is 24.2 Å². The lowest BCUT2D eigenvalue weighted by atomic mass is 10.0. The fraction of sp³-hybridized carbons (Fsp3) is 0.304. The molecular weight excluding hydrogens is 841 g/mol. The van der Waals surface area contributed by atoms with Gasteiger partial charge in [0.25, 0.3) is 17.1 Å². The molecule has 0 aliphatic heterocycles. The first-order valence-corrected chi connectivity index (χ1v) is 24.3. The smallest absolute Gasteiger partial charge is 0.290 e. The lowest BCUT2D eigenvalue weighted by Crippen LogP contribution is -2.28. The highest BCUT2D eigenvalue weighted by molar-refractivity contribution is 8.14. The Kier molecular flexibility index (Phi) is 18.7. The molecule has 0 radical (unpaired) electrons. The first-order chi connectivity index (χ1) is 32.2. The zero-order valence-corrected chi connectivity index (χ0v) is 39.7. The Labute approximate surface area is 395 Å². The van der Waals surface area contributed by atoms with E-state index >= 15 is 0 Å². The van der Waals surface area contributed by atoms with Crippen molar-refractivity contribution in [1.29, 1.82) is 0 Å². The monoisotopic (exact) mass is 904 g/mol. The molecule has 344 valence electrons. The van der Waals surface area contributed by atoms with E-state index in [9.17, 15) is 19.5 Å². The number of unbranched alkanes of at least 4 members (excludes halogenated alkanes) is 9. The van der Waals surface area contributed by atoms with E-state index in [1.54, 1.807) is 65.6 Å². The third-order valence-corrected chi connectivity index (χ3v) is 12.7. The number of benzene rings is 6. The summed E-state index contributed by atoms with van der Waals surface area (Å²) in [5.41, 5.74) is 5.64. The summed E-state index contributed by atoms with van der Waals surface area (Å²) in [6.45, 7) is 8.95. The lowest BCUT2D eigenvalue weighted by Gasteiger charge is -2.24. The Hall–Kier alpha value is -6.52. The van der Waals surface area contributed by atoms with Crippen LogP contribution in [0.2, 0.25) is 0 Å². The molecule has 0 atom stereocenters. The summed E-state index contributed by atoms with van der Waals surface area (Å²) in [7, 11) is 1.53. The van der Waals surface area contributed by atoms with Gasteiger partial charge < -0.3 is 30.3 Å². The molecule has 0 aliphatic carbocycles. The number of carbonyl (C=O) groups is 3. The van der Waals surface area contributed by atoms with Crippen molar-refractivity contribution in [3.05, 3.63) is 150 Å². The third-order valence-electron chi connectivity index (χ3n) is 11.8. The van der Waals surface area contributed by atoms with Crippen molar-refractivity contribution in [3.63, 3.8) is 0 Å². The van der Waals surface area contributed by atoms with Crippen molar-refractivity contribution >= 4 is 74.5 Å². The van der Waals surface area contributed by atoms with Crippen LogP contribution in [0.25, 0.3) is 22.9 Å². The van der Waals surface area contributed by atoms with E-state index in [-0.39, 0.29) is 22.5 Å². The fourth-order valence-electron chi connectivity index (χ4n) is 8.06. The van der Waals surface area contributed by atoms with Crippen molar-refractivity contribution in [2.24, 2.45) is 0 Å². The molecule has 66 heavy (non-hydrogen) atoms. The molecule has 3 amide bonds. The van der Waals surface area contributed by atoms with Crippen LogP contribution in [0.5, 0.6) is 11.5 Å². The zero-order chi connectivity index (χ0) is 46.7. The van der Waals surface area contributed by atoms with Crippen molar-refractivity contribution in [3.8, 4) is 11.5 Å². The highest BCUT2D eigenvalue weighted by Gasteiger charge is 2.23. The topological polar surface area (TPSA) is 111 Å². The Bertz CT molecular complexity index is 2550. The van der Waals surface area contributed by atoms with Crippen LogP contribution in [-0.2, 0) is 0 Å². The summed E-state index contributed by atoms with van der Waals surface area (Å²) in [6.07, 6.45) is 15.8. The fourth-order valence-corrected chi connectivity index (χ4v) is 8.90. The number of rotatable bonds is 23. The number of fused-ring (bicyclic) bond motifs is 1. The Morgan fingerprint density at radius 2 is 1.27 bits per heavy atom. The van der Waals surface area contributed by atoms with E-state index < -0.39 is 5.91 Å². The van der Waals surface area contributed by atoms with Gasteiger partial charge in [-0.2, -0.15) is 0 Å². The predicted octanol–water partition coefficient (Wildman–Crippen LogP) is 14.7. The molecule has 0 saturated heterocycles. The number of ether oxygens (including phenoxy) is 1. The highest BCUT2D eigenvalue weighted by Crippen LogP contribution is 2.38. The van der Waals surface area contributed by atoms with Crippen molar-refractivity contribution in [2.75, 3.05) is 47.2 Å². The molecule has 3 N–H and O–H groups in total. The van der Waals surface area contributed by atoms with Crippen LogP contribution in [0.15, 0.2) is 132 Å². The van der Waals surface area contributed by atoms with Gasteiger partial charge in [-0.05, 0) is 110 Å². The van der Waals surface area contributed by atoms with E-state index in [1.165, 1.54) is 57.7 Å². The number of phenolic OH excluding ortho intramolecular Hbond substituents is 1. The molecule has 0 fully saturated rings. The number of anilines is 4. The largest absolute Gasteiger partial charge is 0.506 e. The molecule has 9 nitrogen and oxygen atoms in total. The van der Waals surface area contributed by atoms with Gasteiger partial charge in [0, 0.05) is 52.2 Å². The Morgan fingerprint density at radius 3 is 1.94 bits per heavy atom. The molecule has 6 aromatic carbocycles. The maximum Gasteiger partial charge on any atom is 0.290 e. The maximum atomic E-state index is 14.4. The summed E-state index contributed by atoms with van der Waals surface area (Å²) in [5, 5.41) is 18.3. The van der Waals surface area contributed by atoms with Crippen molar-refractivity contribution in [2.45, 2.75) is 89.9 Å². The third kappa shape index (κ3) is 13.5. The number of thioether (sulfide) groups is 1. The van der Waals surface area contributed by atoms with Gasteiger partial charge in [-0.3, -0.25) is 14.4 Å². The van der Waals surface area contributed by atoms with Gasteiger partial charge in [0.15, 0.2) is 0 Å². The number of nitrogens with zero attached hydrogens (tertiary/aromatic N) is 2. The van der Waals surface area contributed by atoms with E-state index in [2.05, 4.69) is 72.7 Å². The zero-order valence-electron chi connectivity index (χ0n) is 38.9. The van der Waals surface area contributed by atoms with Crippen LogP contribution in [0.3, 0.4) is 0 Å². The molecule has 0 saturated carbocycles. The van der Waals surface area contributed by atoms with Crippen LogP contribution < -0.4 is 25.2 Å². The second-order valence-corrected chi connectivity index (χ2v) is 17.4. The average Bonchev–Trinajstić information content (AvgIpc) is 3.34. The number of hydrogen-bond donors (Lipinski definition) is 3. The lowest BCUT2D eigenvalue weighted by molar-refractivity contribution is 0.101. The van der Waals surface area contributed by atoms with Gasteiger partial charge >= 0.3 is 0 Å². The van der Waals surface area contributed by atoms with E-state index in [1.807, 2.05) is 42.5 Å². The molecular formula is C56H64N4O5S. The molecule has 0 unspecified atom stereocenters. The number of aromatic hydroxyl groups is 1. The number of phenols is 1. The Balaban J connectivity index is 1.14. The second-order valence-electron chi connectivity index (χ2n) is 16.4. The minimum absolute atomic E-state index is 0.1000. The minimum atomic E-state index is -0.486. The highest BCUT2D eigenvalue weighted by atomic mass is 32.2. The quantitative estimate of drug-likeness (QED) is 0.0334. The number of carbonyl (C=O) groups excluding carboxylic acids is 3. The number of hydrogen-bond acceptors (Lipinski definition) is 7. The van der Waals surface area contributed by atoms with Crippen LogP contribution in [-0.4, -0.2) is 48.9 Å². The van der Waals surface area contributed by atoms with Gasteiger partial charge in [-0.15, -0.1) is 0 Å². The molecule has 0 spiro atoms. The maximum absolute atomic E-state index is 14.4. The normalized spacial score (nSPS) is 11.2. The number of amides is 3. The summed E-state index contributed by atoms with van der Waals surface area (Å²) in [4.78, 5) is 46.1. The molecule has 0 heterocycles. The molecule has 6 aromatic rings. The van der Waals surface area contributed by atoms with Crippen LogP contribution in [0.1, 0.15) is 117 Å². The van der Waals surface area contributed by atoms with Gasteiger partial charge in [0.2, 0.25) is 0 Å². The SMILES string of the molecule is CCCCCCCCCCCCN(C(=O)Sc1cccc(C(=O)Nc2ccc(C=Cc3ccc(N(CC)CC)cc3)cc2)c1)c1cccc2c(O)c(C(=O)Nc3ccccc3OC)ccc12. The number of methoxy groups -OCH3 is 1. The minimum Gasteiger partial charge on any atom is -0.506 e. The molecule has 0 aliphatic rings. The van der Waals surface area contributed by atoms with E-state index in [0.29, 0.717) is 50.6 Å². The van der Waals surface area contributed by atoms with Crippen LogP contribution in [0, 0.1) is 0 Å². The van der Waals surface area contributed by atoms with E-state index in [0.717, 1.165) is 55.2 Å². The molecule has 6 rings (SSSR count). The first kappa shape index (κ1) is 48.9. The number of para-hydroxylation sites is 2. The molecule has 0 aromatic heterocycles. The summed E-state index contributed by atoms with van der Waals surface area (Å²) >= 11 is 1.06. The van der Waals surface area contributed by atoms with Gasteiger partial charge in [0.05, 0.1) is 24.0 Å². The number of nitrogens with one attached hydrogen (secondary N) is 2. The summed E-state index contributed by atoms with van der Waals surface area (Å²) in [6, 6.07) is 39.2. The van der Waals surface area contributed by atoms with Gasteiger partial charge in [-0.1, -0.05) is 138 Å². The summed E-state index contributed by atoms with van der Waals surface area (Å²) in [5.74, 6) is -0.443. The van der Waals surface area contributed by atoms with Crippen molar-refractivity contribution in [1.82, 2.24) is 0 Å². The van der Waals surface area contributed by atoms with Crippen LogP contribution >= 0.6 is 11.8 Å².